The highest BCUT2D eigenvalue weighted by molar-refractivity contribution is 5.92. The molecule has 0 unspecified atom stereocenters. The molecule has 5 nitrogen and oxygen atoms in total. The predicted octanol–water partition coefficient (Wildman–Crippen LogP) is 2.53. The van der Waals surface area contributed by atoms with Crippen LogP contribution >= 0.6 is 0 Å². The first-order valence-electron chi connectivity index (χ1n) is 7.17. The summed E-state index contributed by atoms with van der Waals surface area (Å²) in [4.78, 5) is 23.2. The van der Waals surface area contributed by atoms with E-state index in [1.54, 1.807) is 12.1 Å². The van der Waals surface area contributed by atoms with E-state index in [-0.39, 0.29) is 35.6 Å². The molecule has 0 bridgehead atoms. The zero-order valence-corrected chi connectivity index (χ0v) is 12.0. The van der Waals surface area contributed by atoms with Gasteiger partial charge in [0, 0.05) is 18.9 Å². The summed E-state index contributed by atoms with van der Waals surface area (Å²) in [5.74, 6) is -0.206. The van der Waals surface area contributed by atoms with Crippen LogP contribution in [0, 0.1) is 5.92 Å². The quantitative estimate of drug-likeness (QED) is 0.725. The summed E-state index contributed by atoms with van der Waals surface area (Å²) < 4.78 is 28.8. The van der Waals surface area contributed by atoms with Crippen molar-refractivity contribution in [3.05, 3.63) is 24.3 Å². The van der Waals surface area contributed by atoms with Crippen molar-refractivity contribution in [3.63, 3.8) is 0 Å². The van der Waals surface area contributed by atoms with Crippen molar-refractivity contribution in [2.75, 3.05) is 11.9 Å². The Morgan fingerprint density at radius 1 is 1.27 bits per heavy atom. The maximum Gasteiger partial charge on any atom is 0.387 e. The Labute approximate surface area is 127 Å². The maximum atomic E-state index is 12.3. The number of carbonyl (C=O) groups is 2. The molecule has 0 aromatic heterocycles. The van der Waals surface area contributed by atoms with Gasteiger partial charge in [-0.1, -0.05) is 12.1 Å². The number of carbonyl (C=O) groups excluding carboxylic acids is 2. The predicted molar refractivity (Wildman–Crippen MR) is 76.7 cm³/mol. The molecule has 120 valence electrons. The van der Waals surface area contributed by atoms with Crippen LogP contribution in [0.3, 0.4) is 0 Å². The number of para-hydroxylation sites is 2. The molecule has 0 saturated heterocycles. The van der Waals surface area contributed by atoms with Crippen molar-refractivity contribution >= 4 is 17.5 Å². The van der Waals surface area contributed by atoms with Gasteiger partial charge >= 0.3 is 6.61 Å². The Morgan fingerprint density at radius 3 is 2.68 bits per heavy atom. The summed E-state index contributed by atoms with van der Waals surface area (Å²) in [5.41, 5.74) is 0.204. The second-order valence-corrected chi connectivity index (χ2v) is 5.09. The standard InChI is InChI=1S/C15H18F2N2O3/c16-15(17)22-12-5-2-1-4-11(12)19-13(20)6-3-9-18-14(21)10-7-8-10/h1-2,4-5,10,15H,3,6-9H2,(H,18,21)(H,19,20). The number of ether oxygens (including phenoxy) is 1. The van der Waals surface area contributed by atoms with Crippen LogP contribution in [0.15, 0.2) is 24.3 Å². The van der Waals surface area contributed by atoms with Gasteiger partial charge in [0.25, 0.3) is 0 Å². The Kier molecular flexibility index (Phi) is 5.68. The summed E-state index contributed by atoms with van der Waals surface area (Å²) in [6, 6.07) is 6.01. The molecule has 1 aliphatic carbocycles. The molecule has 1 aliphatic rings. The lowest BCUT2D eigenvalue weighted by Gasteiger charge is -2.11. The third kappa shape index (κ3) is 5.31. The number of benzene rings is 1. The van der Waals surface area contributed by atoms with Gasteiger partial charge in [-0.05, 0) is 31.4 Å². The summed E-state index contributed by atoms with van der Waals surface area (Å²) in [7, 11) is 0. The average molecular weight is 312 g/mol. The van der Waals surface area contributed by atoms with Crippen LogP contribution in [0.2, 0.25) is 0 Å². The molecule has 0 atom stereocenters. The largest absolute Gasteiger partial charge is 0.433 e. The minimum Gasteiger partial charge on any atom is -0.433 e. The van der Waals surface area contributed by atoms with Crippen molar-refractivity contribution in [2.24, 2.45) is 5.92 Å². The van der Waals surface area contributed by atoms with Gasteiger partial charge in [0.1, 0.15) is 5.75 Å². The zero-order chi connectivity index (χ0) is 15.9. The van der Waals surface area contributed by atoms with Crippen LogP contribution in [0.25, 0.3) is 0 Å². The zero-order valence-electron chi connectivity index (χ0n) is 12.0. The second-order valence-electron chi connectivity index (χ2n) is 5.09. The smallest absolute Gasteiger partial charge is 0.387 e. The SMILES string of the molecule is O=C(CCCNC(=O)C1CC1)Nc1ccccc1OC(F)F. The number of hydrogen-bond donors (Lipinski definition) is 2. The van der Waals surface area contributed by atoms with E-state index in [0.717, 1.165) is 12.8 Å². The minimum absolute atomic E-state index is 0.0380. The topological polar surface area (TPSA) is 67.4 Å². The summed E-state index contributed by atoms with van der Waals surface area (Å²) in [5, 5.41) is 5.29. The fourth-order valence-corrected chi connectivity index (χ4v) is 1.93. The number of hydrogen-bond acceptors (Lipinski definition) is 3. The van der Waals surface area contributed by atoms with E-state index in [0.29, 0.717) is 13.0 Å². The first-order valence-corrected chi connectivity index (χ1v) is 7.17. The van der Waals surface area contributed by atoms with Gasteiger partial charge in [0.15, 0.2) is 0 Å². The average Bonchev–Trinajstić information content (AvgIpc) is 3.29. The number of anilines is 1. The molecule has 0 heterocycles. The van der Waals surface area contributed by atoms with Crippen molar-refractivity contribution in [3.8, 4) is 5.75 Å². The van der Waals surface area contributed by atoms with Gasteiger partial charge < -0.3 is 15.4 Å². The highest BCUT2D eigenvalue weighted by Gasteiger charge is 2.28. The van der Waals surface area contributed by atoms with Crippen LogP contribution in [0.1, 0.15) is 25.7 Å². The van der Waals surface area contributed by atoms with Crippen molar-refractivity contribution < 1.29 is 23.1 Å². The molecule has 2 N–H and O–H groups in total. The Balaban J connectivity index is 1.73. The lowest BCUT2D eigenvalue weighted by atomic mass is 10.2. The molecule has 1 aromatic carbocycles. The number of halogens is 2. The van der Waals surface area contributed by atoms with E-state index in [4.69, 9.17) is 0 Å². The van der Waals surface area contributed by atoms with Gasteiger partial charge in [-0.15, -0.1) is 0 Å². The molecule has 22 heavy (non-hydrogen) atoms. The fourth-order valence-electron chi connectivity index (χ4n) is 1.93. The number of rotatable bonds is 8. The third-order valence-electron chi connectivity index (χ3n) is 3.21. The van der Waals surface area contributed by atoms with Crippen LogP contribution < -0.4 is 15.4 Å². The molecule has 2 amide bonds. The monoisotopic (exact) mass is 312 g/mol. The Hall–Kier alpha value is -2.18. The molecule has 0 spiro atoms. The van der Waals surface area contributed by atoms with E-state index >= 15 is 0 Å². The van der Waals surface area contributed by atoms with E-state index in [9.17, 15) is 18.4 Å². The number of nitrogens with one attached hydrogen (secondary N) is 2. The van der Waals surface area contributed by atoms with Crippen LogP contribution in [-0.4, -0.2) is 25.0 Å². The molecule has 0 radical (unpaired) electrons. The van der Waals surface area contributed by atoms with Crippen LogP contribution in [0.4, 0.5) is 14.5 Å². The fraction of sp³-hybridized carbons (Fsp3) is 0.467. The molecule has 1 fully saturated rings. The molecule has 1 aromatic rings. The normalized spacial score (nSPS) is 13.8. The molecule has 7 heteroatoms. The highest BCUT2D eigenvalue weighted by atomic mass is 19.3. The van der Waals surface area contributed by atoms with E-state index in [1.807, 2.05) is 0 Å². The van der Waals surface area contributed by atoms with Crippen LogP contribution in [0.5, 0.6) is 5.75 Å². The van der Waals surface area contributed by atoms with Gasteiger partial charge in [-0.3, -0.25) is 9.59 Å². The van der Waals surface area contributed by atoms with E-state index < -0.39 is 6.61 Å². The molecular weight excluding hydrogens is 294 g/mol. The first-order chi connectivity index (χ1) is 10.6. The molecular formula is C15H18F2N2O3. The third-order valence-corrected chi connectivity index (χ3v) is 3.21. The molecule has 0 aliphatic heterocycles. The van der Waals surface area contributed by atoms with Crippen molar-refractivity contribution in [1.82, 2.24) is 5.32 Å². The summed E-state index contributed by atoms with van der Waals surface area (Å²) in [6.07, 6.45) is 2.55. The van der Waals surface area contributed by atoms with Gasteiger partial charge in [-0.2, -0.15) is 8.78 Å². The first kappa shape index (κ1) is 16.2. The number of amides is 2. The van der Waals surface area contributed by atoms with E-state index in [2.05, 4.69) is 15.4 Å². The minimum atomic E-state index is -2.95. The summed E-state index contributed by atoms with van der Waals surface area (Å²) >= 11 is 0. The van der Waals surface area contributed by atoms with Crippen molar-refractivity contribution in [2.45, 2.75) is 32.3 Å². The highest BCUT2D eigenvalue weighted by Crippen LogP contribution is 2.28. The summed E-state index contributed by atoms with van der Waals surface area (Å²) in [6.45, 7) is -2.52. The van der Waals surface area contributed by atoms with E-state index in [1.165, 1.54) is 12.1 Å². The Morgan fingerprint density at radius 2 is 2.00 bits per heavy atom. The van der Waals surface area contributed by atoms with Gasteiger partial charge in [0.2, 0.25) is 11.8 Å². The second kappa shape index (κ2) is 7.72. The van der Waals surface area contributed by atoms with Gasteiger partial charge in [-0.25, -0.2) is 0 Å². The van der Waals surface area contributed by atoms with Crippen LogP contribution in [-0.2, 0) is 9.59 Å². The van der Waals surface area contributed by atoms with Crippen molar-refractivity contribution in [1.29, 1.82) is 0 Å². The van der Waals surface area contributed by atoms with Gasteiger partial charge in [0.05, 0.1) is 5.69 Å². The maximum absolute atomic E-state index is 12.3. The lowest BCUT2D eigenvalue weighted by molar-refractivity contribution is -0.122. The molecule has 2 rings (SSSR count). The number of alkyl halides is 2. The Bertz CT molecular complexity index is 533. The molecule has 1 saturated carbocycles. The lowest BCUT2D eigenvalue weighted by Crippen LogP contribution is -2.26.